The molecule has 0 spiro atoms. The lowest BCUT2D eigenvalue weighted by Crippen LogP contribution is -2.05. The van der Waals surface area contributed by atoms with Crippen LogP contribution >= 0.6 is 23.1 Å². The van der Waals surface area contributed by atoms with E-state index in [-0.39, 0.29) is 6.10 Å². The minimum Gasteiger partial charge on any atom is -0.384 e. The summed E-state index contributed by atoms with van der Waals surface area (Å²) in [5, 5.41) is 3.83. The highest BCUT2D eigenvalue weighted by Gasteiger charge is 2.20. The largest absolute Gasteiger partial charge is 0.384 e. The Labute approximate surface area is 111 Å². The number of methoxy groups -OCH3 is 1. The van der Waals surface area contributed by atoms with Gasteiger partial charge in [-0.2, -0.15) is 0 Å². The van der Waals surface area contributed by atoms with Gasteiger partial charge < -0.3 is 9.47 Å². The lowest BCUT2D eigenvalue weighted by atomic mass is 10.2. The first-order valence-corrected chi connectivity index (χ1v) is 7.89. The zero-order valence-electron chi connectivity index (χ0n) is 10.3. The molecule has 1 aromatic rings. The summed E-state index contributed by atoms with van der Waals surface area (Å²) in [6, 6.07) is 0. The number of ether oxygens (including phenoxy) is 2. The van der Waals surface area contributed by atoms with Crippen LogP contribution in [0.25, 0.3) is 0 Å². The van der Waals surface area contributed by atoms with Crippen LogP contribution in [-0.2, 0) is 15.2 Å². The number of thiazole rings is 1. The number of rotatable bonds is 6. The van der Waals surface area contributed by atoms with Crippen LogP contribution in [0.5, 0.6) is 0 Å². The third kappa shape index (κ3) is 3.95. The summed E-state index contributed by atoms with van der Waals surface area (Å²) < 4.78 is 10.8. The van der Waals surface area contributed by atoms with Gasteiger partial charge in [-0.05, 0) is 12.8 Å². The minimum atomic E-state index is 0.259. The van der Waals surface area contributed by atoms with Gasteiger partial charge in [0.25, 0.3) is 0 Å². The van der Waals surface area contributed by atoms with E-state index < -0.39 is 0 Å². The average molecular weight is 273 g/mol. The molecule has 17 heavy (non-hydrogen) atoms. The number of hydrogen-bond acceptors (Lipinski definition) is 5. The van der Waals surface area contributed by atoms with Crippen molar-refractivity contribution < 1.29 is 9.47 Å². The van der Waals surface area contributed by atoms with Gasteiger partial charge >= 0.3 is 0 Å². The fourth-order valence-corrected chi connectivity index (χ4v) is 3.66. The second-order valence-corrected chi connectivity index (χ2v) is 6.57. The van der Waals surface area contributed by atoms with Gasteiger partial charge in [-0.3, -0.25) is 0 Å². The highest BCUT2D eigenvalue weighted by molar-refractivity contribution is 7.99. The molecule has 0 bridgehead atoms. The second kappa shape index (κ2) is 6.73. The maximum atomic E-state index is 5.64. The molecule has 3 nitrogen and oxygen atoms in total. The predicted molar refractivity (Wildman–Crippen MR) is 72.7 cm³/mol. The van der Waals surface area contributed by atoms with E-state index in [0.29, 0.717) is 5.25 Å². The molecule has 0 saturated carbocycles. The standard InChI is InChI=1S/C12H19NO2S2/c1-9(6-14-2)16-7-10-8-17-12(13-10)11-4-3-5-15-11/h8-9,11H,3-7H2,1-2H3/t9-,11+/m0/s1. The molecule has 1 aliphatic rings. The van der Waals surface area contributed by atoms with Crippen molar-refractivity contribution in [1.29, 1.82) is 0 Å². The van der Waals surface area contributed by atoms with Crippen molar-refractivity contribution in [3.63, 3.8) is 0 Å². The van der Waals surface area contributed by atoms with Gasteiger partial charge in [-0.1, -0.05) is 6.92 Å². The molecule has 96 valence electrons. The second-order valence-electron chi connectivity index (χ2n) is 4.26. The summed E-state index contributed by atoms with van der Waals surface area (Å²) in [5.41, 5.74) is 1.17. The van der Waals surface area contributed by atoms with Gasteiger partial charge in [0.05, 0.1) is 12.3 Å². The lowest BCUT2D eigenvalue weighted by Gasteiger charge is -2.08. The van der Waals surface area contributed by atoms with Crippen LogP contribution < -0.4 is 0 Å². The predicted octanol–water partition coefficient (Wildman–Crippen LogP) is 3.26. The fourth-order valence-electron chi connectivity index (χ4n) is 1.82. The van der Waals surface area contributed by atoms with E-state index >= 15 is 0 Å². The first kappa shape index (κ1) is 13.3. The van der Waals surface area contributed by atoms with Crippen molar-refractivity contribution in [3.8, 4) is 0 Å². The van der Waals surface area contributed by atoms with Gasteiger partial charge in [0, 0.05) is 30.1 Å². The van der Waals surface area contributed by atoms with Crippen LogP contribution in [0, 0.1) is 0 Å². The molecule has 0 aliphatic carbocycles. The quantitative estimate of drug-likeness (QED) is 0.796. The summed E-state index contributed by atoms with van der Waals surface area (Å²) in [5.74, 6) is 0.966. The van der Waals surface area contributed by atoms with Crippen LogP contribution in [-0.4, -0.2) is 30.6 Å². The third-order valence-electron chi connectivity index (χ3n) is 2.69. The first-order valence-electron chi connectivity index (χ1n) is 5.96. The molecule has 1 aliphatic heterocycles. The smallest absolute Gasteiger partial charge is 0.122 e. The molecule has 1 saturated heterocycles. The third-order valence-corrected chi connectivity index (χ3v) is 4.84. The molecular weight excluding hydrogens is 254 g/mol. The normalized spacial score (nSPS) is 21.9. The molecule has 0 unspecified atom stereocenters. The topological polar surface area (TPSA) is 31.4 Å². The monoisotopic (exact) mass is 273 g/mol. The van der Waals surface area contributed by atoms with Crippen LogP contribution in [0.1, 0.15) is 36.6 Å². The Morgan fingerprint density at radius 1 is 1.71 bits per heavy atom. The van der Waals surface area contributed by atoms with Crippen molar-refractivity contribution in [1.82, 2.24) is 4.98 Å². The Bertz CT molecular complexity index is 337. The first-order chi connectivity index (χ1) is 8.29. The number of hydrogen-bond donors (Lipinski definition) is 0. The van der Waals surface area contributed by atoms with Crippen LogP contribution in [0.4, 0.5) is 0 Å². The Hall–Kier alpha value is -0.100. The van der Waals surface area contributed by atoms with Crippen molar-refractivity contribution in [2.45, 2.75) is 36.9 Å². The molecule has 0 amide bonds. The average Bonchev–Trinajstić information content (AvgIpc) is 2.97. The van der Waals surface area contributed by atoms with Gasteiger partial charge in [0.1, 0.15) is 11.1 Å². The van der Waals surface area contributed by atoms with Gasteiger partial charge in [-0.25, -0.2) is 4.98 Å². The van der Waals surface area contributed by atoms with E-state index in [1.807, 2.05) is 11.8 Å². The van der Waals surface area contributed by atoms with Gasteiger partial charge in [0.15, 0.2) is 0 Å². The fraction of sp³-hybridized carbons (Fsp3) is 0.750. The number of thioether (sulfide) groups is 1. The Balaban J connectivity index is 1.81. The molecule has 1 aromatic heterocycles. The summed E-state index contributed by atoms with van der Waals surface area (Å²) in [6.07, 6.45) is 2.55. The Morgan fingerprint density at radius 2 is 2.59 bits per heavy atom. The zero-order chi connectivity index (χ0) is 12.1. The summed E-state index contributed by atoms with van der Waals surface area (Å²) in [4.78, 5) is 4.66. The summed E-state index contributed by atoms with van der Waals surface area (Å²) in [7, 11) is 1.75. The number of aromatic nitrogens is 1. The molecule has 2 atom stereocenters. The summed E-state index contributed by atoms with van der Waals surface area (Å²) >= 11 is 3.62. The highest BCUT2D eigenvalue weighted by atomic mass is 32.2. The van der Waals surface area contributed by atoms with E-state index in [4.69, 9.17) is 9.47 Å². The maximum Gasteiger partial charge on any atom is 0.122 e. The minimum absolute atomic E-state index is 0.259. The van der Waals surface area contributed by atoms with E-state index in [9.17, 15) is 0 Å². The van der Waals surface area contributed by atoms with Crippen LogP contribution in [0.15, 0.2) is 5.38 Å². The Morgan fingerprint density at radius 3 is 3.29 bits per heavy atom. The van der Waals surface area contributed by atoms with E-state index in [1.54, 1.807) is 18.4 Å². The molecule has 1 fully saturated rings. The van der Waals surface area contributed by atoms with E-state index in [2.05, 4.69) is 17.3 Å². The van der Waals surface area contributed by atoms with E-state index in [0.717, 1.165) is 30.4 Å². The molecule has 2 heterocycles. The van der Waals surface area contributed by atoms with Crippen LogP contribution in [0.3, 0.4) is 0 Å². The van der Waals surface area contributed by atoms with Gasteiger partial charge in [0.2, 0.25) is 0 Å². The molecule has 2 rings (SSSR count). The Kier molecular flexibility index (Phi) is 5.28. The SMILES string of the molecule is COC[C@H](C)SCc1csc([C@H]2CCCO2)n1. The lowest BCUT2D eigenvalue weighted by molar-refractivity contribution is 0.111. The number of nitrogens with zero attached hydrogens (tertiary/aromatic N) is 1. The van der Waals surface area contributed by atoms with Crippen molar-refractivity contribution >= 4 is 23.1 Å². The highest BCUT2D eigenvalue weighted by Crippen LogP contribution is 2.31. The van der Waals surface area contributed by atoms with Crippen molar-refractivity contribution in [2.24, 2.45) is 0 Å². The maximum absolute atomic E-state index is 5.64. The van der Waals surface area contributed by atoms with Gasteiger partial charge in [-0.15, -0.1) is 23.1 Å². The van der Waals surface area contributed by atoms with Crippen molar-refractivity contribution in [2.75, 3.05) is 20.3 Å². The van der Waals surface area contributed by atoms with Crippen molar-refractivity contribution in [3.05, 3.63) is 16.1 Å². The molecule has 5 heteroatoms. The molecular formula is C12H19NO2S2. The zero-order valence-corrected chi connectivity index (χ0v) is 12.0. The van der Waals surface area contributed by atoms with E-state index in [1.165, 1.54) is 12.1 Å². The molecule has 0 aromatic carbocycles. The summed E-state index contributed by atoms with van der Waals surface area (Å²) in [6.45, 7) is 3.87. The van der Waals surface area contributed by atoms with Crippen LogP contribution in [0.2, 0.25) is 0 Å². The molecule has 0 radical (unpaired) electrons. The molecule has 0 N–H and O–H groups in total.